The highest BCUT2D eigenvalue weighted by Crippen LogP contribution is 2.14. The molecule has 0 aromatic carbocycles. The molecule has 0 aromatic heterocycles. The first-order chi connectivity index (χ1) is 8.07. The second-order valence-corrected chi connectivity index (χ2v) is 4.28. The van der Waals surface area contributed by atoms with Crippen molar-refractivity contribution < 1.29 is 14.9 Å². The van der Waals surface area contributed by atoms with E-state index >= 15 is 0 Å². The Balaban J connectivity index is 4.21. The summed E-state index contributed by atoms with van der Waals surface area (Å²) in [7, 11) is 0. The van der Waals surface area contributed by atoms with Crippen molar-refractivity contribution in [1.82, 2.24) is 0 Å². The number of aliphatic hydroxyl groups is 2. The van der Waals surface area contributed by atoms with Crippen LogP contribution in [-0.2, 0) is 4.74 Å². The fraction of sp³-hybridized carbons (Fsp3) is 0.714. The largest absolute Gasteiger partial charge is 0.393 e. The summed E-state index contributed by atoms with van der Waals surface area (Å²) < 4.78 is 5.74. The third-order valence-corrected chi connectivity index (χ3v) is 2.83. The van der Waals surface area contributed by atoms with Gasteiger partial charge in [0, 0.05) is 12.8 Å². The minimum atomic E-state index is -0.375. The molecule has 3 nitrogen and oxygen atoms in total. The Labute approximate surface area is 105 Å². The summed E-state index contributed by atoms with van der Waals surface area (Å²) in [5.74, 6) is 0. The molecule has 0 rings (SSSR count). The molecule has 0 aliphatic heterocycles. The lowest BCUT2D eigenvalue weighted by Gasteiger charge is -2.23. The summed E-state index contributed by atoms with van der Waals surface area (Å²) in [5.41, 5.74) is 0. The van der Waals surface area contributed by atoms with Crippen LogP contribution in [-0.4, -0.2) is 34.6 Å². The first-order valence-electron chi connectivity index (χ1n) is 6.33. The molecule has 0 aliphatic carbocycles. The maximum Gasteiger partial charge on any atom is 0.0785 e. The predicted octanol–water partition coefficient (Wildman–Crippen LogP) is 2.43. The van der Waals surface area contributed by atoms with Crippen LogP contribution in [0.15, 0.2) is 25.3 Å². The Morgan fingerprint density at radius 1 is 0.941 bits per heavy atom. The number of rotatable bonds is 10. The van der Waals surface area contributed by atoms with Gasteiger partial charge in [0.1, 0.15) is 0 Å². The molecule has 0 fully saturated rings. The minimum Gasteiger partial charge on any atom is -0.393 e. The molecule has 0 heterocycles. The molecule has 4 unspecified atom stereocenters. The molecule has 4 atom stereocenters. The van der Waals surface area contributed by atoms with Crippen LogP contribution in [0, 0.1) is 0 Å². The van der Waals surface area contributed by atoms with Crippen molar-refractivity contribution in [1.29, 1.82) is 0 Å². The number of hydrogen-bond donors (Lipinski definition) is 2. The Hall–Kier alpha value is -0.640. The molecule has 0 aromatic rings. The van der Waals surface area contributed by atoms with Crippen molar-refractivity contribution in [2.45, 2.75) is 63.9 Å². The van der Waals surface area contributed by atoms with Crippen molar-refractivity contribution in [3.8, 4) is 0 Å². The van der Waals surface area contributed by atoms with Crippen LogP contribution < -0.4 is 0 Å². The van der Waals surface area contributed by atoms with Crippen LogP contribution in [0.4, 0.5) is 0 Å². The molecule has 0 saturated carbocycles. The van der Waals surface area contributed by atoms with E-state index in [0.29, 0.717) is 25.7 Å². The summed E-state index contributed by atoms with van der Waals surface area (Å²) in [6.07, 6.45) is 4.70. The molecular weight excluding hydrogens is 216 g/mol. The molecule has 3 heteroatoms. The smallest absolute Gasteiger partial charge is 0.0785 e. The average Bonchev–Trinajstić information content (AvgIpc) is 2.36. The van der Waals surface area contributed by atoms with Gasteiger partial charge in [-0.05, 0) is 12.8 Å². The lowest BCUT2D eigenvalue weighted by molar-refractivity contribution is -0.0123. The molecule has 100 valence electrons. The average molecular weight is 242 g/mol. The van der Waals surface area contributed by atoms with Crippen molar-refractivity contribution in [3.63, 3.8) is 0 Å². The zero-order valence-electron chi connectivity index (χ0n) is 11.0. The van der Waals surface area contributed by atoms with Crippen molar-refractivity contribution in [2.24, 2.45) is 0 Å². The van der Waals surface area contributed by atoms with Gasteiger partial charge in [0.25, 0.3) is 0 Å². The normalized spacial score (nSPS) is 18.1. The monoisotopic (exact) mass is 242 g/mol. The molecule has 0 aliphatic rings. The maximum atomic E-state index is 9.57. The second-order valence-electron chi connectivity index (χ2n) is 4.28. The highest BCUT2D eigenvalue weighted by atomic mass is 16.5. The molecule has 0 amide bonds. The molecular formula is C14H26O3. The van der Waals surface area contributed by atoms with E-state index in [0.717, 1.165) is 0 Å². The molecule has 17 heavy (non-hydrogen) atoms. The van der Waals surface area contributed by atoms with Crippen LogP contribution in [0.5, 0.6) is 0 Å². The van der Waals surface area contributed by atoms with E-state index in [1.165, 1.54) is 0 Å². The Morgan fingerprint density at radius 3 is 1.53 bits per heavy atom. The number of ether oxygens (including phenoxy) is 1. The molecule has 0 spiro atoms. The van der Waals surface area contributed by atoms with Crippen LogP contribution in [0.25, 0.3) is 0 Å². The van der Waals surface area contributed by atoms with E-state index in [1.807, 2.05) is 13.8 Å². The maximum absolute atomic E-state index is 9.57. The summed E-state index contributed by atoms with van der Waals surface area (Å²) in [5, 5.41) is 19.1. The van der Waals surface area contributed by atoms with E-state index in [2.05, 4.69) is 13.2 Å². The molecule has 0 saturated heterocycles. The van der Waals surface area contributed by atoms with Gasteiger partial charge < -0.3 is 14.9 Å². The quantitative estimate of drug-likeness (QED) is 0.578. The summed E-state index contributed by atoms with van der Waals surface area (Å²) >= 11 is 0. The van der Waals surface area contributed by atoms with Gasteiger partial charge in [-0.15, -0.1) is 13.2 Å². The van der Waals surface area contributed by atoms with Gasteiger partial charge in [-0.25, -0.2) is 0 Å². The van der Waals surface area contributed by atoms with Crippen LogP contribution in [0.2, 0.25) is 0 Å². The number of aliphatic hydroxyl groups excluding tert-OH is 2. The van der Waals surface area contributed by atoms with Gasteiger partial charge in [0.15, 0.2) is 0 Å². The first kappa shape index (κ1) is 16.4. The van der Waals surface area contributed by atoms with Crippen molar-refractivity contribution in [2.75, 3.05) is 0 Å². The van der Waals surface area contributed by atoms with Gasteiger partial charge in [-0.2, -0.15) is 0 Å². The Bertz CT molecular complexity index is 194. The summed E-state index contributed by atoms with van der Waals surface area (Å²) in [6.45, 7) is 11.3. The highest BCUT2D eigenvalue weighted by Gasteiger charge is 2.17. The van der Waals surface area contributed by atoms with Gasteiger partial charge in [0.2, 0.25) is 0 Å². The van der Waals surface area contributed by atoms with Crippen molar-refractivity contribution in [3.05, 3.63) is 25.3 Å². The van der Waals surface area contributed by atoms with Gasteiger partial charge in [0.05, 0.1) is 24.4 Å². The minimum absolute atomic E-state index is 0.197. The van der Waals surface area contributed by atoms with E-state index in [1.54, 1.807) is 12.2 Å². The lowest BCUT2D eigenvalue weighted by atomic mass is 10.1. The third kappa shape index (κ3) is 7.31. The molecule has 2 N–H and O–H groups in total. The SMILES string of the molecule is C=CC(CC(O)CC)OC(C=C)CC(O)CC. The van der Waals surface area contributed by atoms with E-state index < -0.39 is 0 Å². The Morgan fingerprint density at radius 2 is 1.29 bits per heavy atom. The summed E-state index contributed by atoms with van der Waals surface area (Å²) in [6, 6.07) is 0. The molecule has 0 bridgehead atoms. The lowest BCUT2D eigenvalue weighted by Crippen LogP contribution is -2.26. The Kier molecular flexibility index (Phi) is 9.04. The number of hydrogen-bond acceptors (Lipinski definition) is 3. The van der Waals surface area contributed by atoms with E-state index in [-0.39, 0.29) is 24.4 Å². The van der Waals surface area contributed by atoms with Gasteiger partial charge in [-0.1, -0.05) is 26.0 Å². The summed E-state index contributed by atoms with van der Waals surface area (Å²) in [4.78, 5) is 0. The standard InChI is InChI=1S/C14H26O3/c1-5-11(15)9-13(7-3)17-14(8-4)10-12(16)6-2/h7-8,11-16H,3-6,9-10H2,1-2H3. The predicted molar refractivity (Wildman–Crippen MR) is 70.9 cm³/mol. The molecule has 0 radical (unpaired) electrons. The van der Waals surface area contributed by atoms with E-state index in [9.17, 15) is 10.2 Å². The van der Waals surface area contributed by atoms with Crippen LogP contribution in [0.1, 0.15) is 39.5 Å². The van der Waals surface area contributed by atoms with Crippen molar-refractivity contribution >= 4 is 0 Å². The van der Waals surface area contributed by atoms with Crippen LogP contribution >= 0.6 is 0 Å². The third-order valence-electron chi connectivity index (χ3n) is 2.83. The second kappa shape index (κ2) is 9.40. The van der Waals surface area contributed by atoms with Gasteiger partial charge >= 0.3 is 0 Å². The topological polar surface area (TPSA) is 49.7 Å². The highest BCUT2D eigenvalue weighted by molar-refractivity contribution is 4.88. The zero-order chi connectivity index (χ0) is 13.3. The zero-order valence-corrected chi connectivity index (χ0v) is 11.0. The van der Waals surface area contributed by atoms with E-state index in [4.69, 9.17) is 4.74 Å². The first-order valence-corrected chi connectivity index (χ1v) is 6.33. The van der Waals surface area contributed by atoms with Gasteiger partial charge in [-0.3, -0.25) is 0 Å². The fourth-order valence-corrected chi connectivity index (χ4v) is 1.51. The fourth-order valence-electron chi connectivity index (χ4n) is 1.51. The van der Waals surface area contributed by atoms with Crippen LogP contribution in [0.3, 0.4) is 0 Å².